The van der Waals surface area contributed by atoms with Gasteiger partial charge in [0.2, 0.25) is 5.95 Å². The number of carboxylic acids is 2. The van der Waals surface area contributed by atoms with Crippen LogP contribution in [-0.2, 0) is 23.2 Å². The van der Waals surface area contributed by atoms with Gasteiger partial charge >= 0.3 is 11.9 Å². The van der Waals surface area contributed by atoms with Gasteiger partial charge in [-0.25, -0.2) is 14.6 Å². The van der Waals surface area contributed by atoms with Gasteiger partial charge in [-0.2, -0.15) is 0 Å². The SMILES string of the molecule is COc1ccc(CNc2ncc(-c3ccc(-c4ccccc4)cc3)n2C)cc1.O=C(O)C(=O)O. The molecular weight excluding hydrogens is 434 g/mol. The van der Waals surface area contributed by atoms with Gasteiger partial charge in [0.05, 0.1) is 19.0 Å². The van der Waals surface area contributed by atoms with Crippen LogP contribution in [0.25, 0.3) is 22.4 Å². The Morgan fingerprint density at radius 2 is 1.41 bits per heavy atom. The standard InChI is InChI=1S/C24H23N3O.C2H2O4/c1-27-23(21-12-10-20(11-13-21)19-6-4-3-5-7-19)17-26-24(27)25-16-18-8-14-22(28-2)15-9-18;3-1(4)2(5)6/h3-15,17H,16H2,1-2H3,(H,25,26);(H,3,4)(H,5,6). The summed E-state index contributed by atoms with van der Waals surface area (Å²) in [6, 6.07) is 27.1. The zero-order chi connectivity index (χ0) is 24.5. The first-order valence-corrected chi connectivity index (χ1v) is 10.4. The number of imidazole rings is 1. The topological polar surface area (TPSA) is 114 Å². The molecule has 0 spiro atoms. The summed E-state index contributed by atoms with van der Waals surface area (Å²) in [5.74, 6) is -1.94. The monoisotopic (exact) mass is 459 g/mol. The van der Waals surface area contributed by atoms with Crippen molar-refractivity contribution >= 4 is 17.9 Å². The Morgan fingerprint density at radius 1 is 0.853 bits per heavy atom. The summed E-state index contributed by atoms with van der Waals surface area (Å²) in [7, 11) is 3.71. The molecule has 8 nitrogen and oxygen atoms in total. The van der Waals surface area contributed by atoms with Gasteiger partial charge in [0.1, 0.15) is 5.75 Å². The number of hydrogen-bond donors (Lipinski definition) is 3. The number of benzene rings is 3. The number of hydrogen-bond acceptors (Lipinski definition) is 5. The molecule has 4 rings (SSSR count). The van der Waals surface area contributed by atoms with Crippen molar-refractivity contribution in [1.82, 2.24) is 9.55 Å². The van der Waals surface area contributed by atoms with Crippen molar-refractivity contribution in [3.63, 3.8) is 0 Å². The van der Waals surface area contributed by atoms with E-state index in [2.05, 4.69) is 75.5 Å². The molecule has 0 amide bonds. The summed E-state index contributed by atoms with van der Waals surface area (Å²) >= 11 is 0. The second-order valence-corrected chi connectivity index (χ2v) is 7.28. The van der Waals surface area contributed by atoms with Crippen LogP contribution in [0.1, 0.15) is 5.56 Å². The number of aliphatic carboxylic acids is 2. The zero-order valence-corrected chi connectivity index (χ0v) is 18.8. The van der Waals surface area contributed by atoms with Crippen LogP contribution in [0.4, 0.5) is 5.95 Å². The number of anilines is 1. The average molecular weight is 460 g/mol. The zero-order valence-electron chi connectivity index (χ0n) is 18.8. The molecule has 1 aromatic heterocycles. The third-order valence-electron chi connectivity index (χ3n) is 5.07. The average Bonchev–Trinajstić information content (AvgIpc) is 3.24. The first-order valence-electron chi connectivity index (χ1n) is 10.4. The Kier molecular flexibility index (Phi) is 8.02. The minimum Gasteiger partial charge on any atom is -0.497 e. The van der Waals surface area contributed by atoms with Crippen molar-refractivity contribution in [2.75, 3.05) is 12.4 Å². The van der Waals surface area contributed by atoms with Gasteiger partial charge in [0, 0.05) is 13.6 Å². The van der Waals surface area contributed by atoms with Gasteiger partial charge in [-0.3, -0.25) is 0 Å². The highest BCUT2D eigenvalue weighted by molar-refractivity contribution is 6.27. The quantitative estimate of drug-likeness (QED) is 0.363. The van der Waals surface area contributed by atoms with Crippen molar-refractivity contribution in [3.8, 4) is 28.1 Å². The van der Waals surface area contributed by atoms with Crippen LogP contribution in [-0.4, -0.2) is 38.8 Å². The first kappa shape index (κ1) is 24.1. The molecule has 3 N–H and O–H groups in total. The fourth-order valence-corrected chi connectivity index (χ4v) is 3.23. The highest BCUT2D eigenvalue weighted by Crippen LogP contribution is 2.26. The number of nitrogens with one attached hydrogen (secondary N) is 1. The van der Waals surface area contributed by atoms with E-state index in [9.17, 15) is 0 Å². The molecule has 0 aliphatic heterocycles. The number of carbonyl (C=O) groups is 2. The maximum Gasteiger partial charge on any atom is 0.414 e. The molecule has 0 aliphatic carbocycles. The molecule has 0 radical (unpaired) electrons. The third kappa shape index (κ3) is 6.23. The Labute approximate surface area is 197 Å². The van der Waals surface area contributed by atoms with Crippen molar-refractivity contribution in [2.45, 2.75) is 6.54 Å². The molecule has 1 heterocycles. The fraction of sp³-hybridized carbons (Fsp3) is 0.115. The molecule has 0 unspecified atom stereocenters. The van der Waals surface area contributed by atoms with Gasteiger partial charge in [0.15, 0.2) is 0 Å². The Bertz CT molecular complexity index is 1220. The molecule has 4 aromatic rings. The van der Waals surface area contributed by atoms with Crippen molar-refractivity contribution in [3.05, 3.63) is 90.6 Å². The Balaban J connectivity index is 0.000000481. The van der Waals surface area contributed by atoms with E-state index in [1.54, 1.807) is 7.11 Å². The predicted molar refractivity (Wildman–Crippen MR) is 130 cm³/mol. The van der Waals surface area contributed by atoms with E-state index in [0.717, 1.165) is 23.0 Å². The highest BCUT2D eigenvalue weighted by Gasteiger charge is 2.09. The molecule has 0 atom stereocenters. The summed E-state index contributed by atoms with van der Waals surface area (Å²) in [6.07, 6.45) is 1.91. The second kappa shape index (κ2) is 11.3. The van der Waals surface area contributed by atoms with Gasteiger partial charge in [-0.05, 0) is 34.4 Å². The smallest absolute Gasteiger partial charge is 0.414 e. The minimum absolute atomic E-state index is 0.710. The van der Waals surface area contributed by atoms with Crippen LogP contribution in [0.5, 0.6) is 5.75 Å². The van der Waals surface area contributed by atoms with Crippen LogP contribution >= 0.6 is 0 Å². The molecule has 0 aliphatic rings. The third-order valence-corrected chi connectivity index (χ3v) is 5.07. The lowest BCUT2D eigenvalue weighted by molar-refractivity contribution is -0.159. The summed E-state index contributed by atoms with van der Waals surface area (Å²) in [5, 5.41) is 18.2. The Morgan fingerprint density at radius 3 is 1.97 bits per heavy atom. The van der Waals surface area contributed by atoms with Gasteiger partial charge in [-0.1, -0.05) is 66.7 Å². The number of ether oxygens (including phenoxy) is 1. The summed E-state index contributed by atoms with van der Waals surface area (Å²) in [5.41, 5.74) is 5.84. The normalized spacial score (nSPS) is 10.1. The van der Waals surface area contributed by atoms with E-state index in [0.29, 0.717) is 6.54 Å². The summed E-state index contributed by atoms with van der Waals surface area (Å²) < 4.78 is 7.29. The second-order valence-electron chi connectivity index (χ2n) is 7.28. The first-order chi connectivity index (χ1) is 16.4. The number of rotatable bonds is 6. The maximum absolute atomic E-state index is 9.10. The van der Waals surface area contributed by atoms with Crippen molar-refractivity contribution < 1.29 is 24.5 Å². The Hall–Kier alpha value is -4.59. The molecule has 0 saturated carbocycles. The van der Waals surface area contributed by atoms with Crippen LogP contribution in [0.15, 0.2) is 85.1 Å². The molecule has 174 valence electrons. The van der Waals surface area contributed by atoms with Crippen LogP contribution in [0.3, 0.4) is 0 Å². The van der Waals surface area contributed by atoms with E-state index >= 15 is 0 Å². The number of nitrogens with zero attached hydrogens (tertiary/aromatic N) is 2. The minimum atomic E-state index is -1.82. The highest BCUT2D eigenvalue weighted by atomic mass is 16.5. The maximum atomic E-state index is 9.10. The summed E-state index contributed by atoms with van der Waals surface area (Å²) in [4.78, 5) is 22.7. The lowest BCUT2D eigenvalue weighted by Gasteiger charge is -2.09. The van der Waals surface area contributed by atoms with E-state index in [1.165, 1.54) is 16.7 Å². The molecule has 8 heteroatoms. The van der Waals surface area contributed by atoms with E-state index in [-0.39, 0.29) is 0 Å². The number of methoxy groups -OCH3 is 1. The van der Waals surface area contributed by atoms with E-state index in [4.69, 9.17) is 24.5 Å². The largest absolute Gasteiger partial charge is 0.497 e. The molecular formula is C26H25N3O5. The fourth-order valence-electron chi connectivity index (χ4n) is 3.23. The molecule has 34 heavy (non-hydrogen) atoms. The lowest BCUT2D eigenvalue weighted by atomic mass is 10.0. The molecule has 0 saturated heterocycles. The predicted octanol–water partition coefficient (Wildman–Crippen LogP) is 4.53. The van der Waals surface area contributed by atoms with Gasteiger partial charge < -0.3 is 24.8 Å². The molecule has 0 bridgehead atoms. The molecule has 3 aromatic carbocycles. The number of carboxylic acid groups (broad SMARTS) is 2. The van der Waals surface area contributed by atoms with E-state index in [1.807, 2.05) is 31.4 Å². The van der Waals surface area contributed by atoms with Crippen LogP contribution < -0.4 is 10.1 Å². The van der Waals surface area contributed by atoms with Crippen LogP contribution in [0, 0.1) is 0 Å². The molecule has 0 fully saturated rings. The number of aromatic nitrogens is 2. The van der Waals surface area contributed by atoms with Gasteiger partial charge in [0.25, 0.3) is 0 Å². The van der Waals surface area contributed by atoms with Crippen molar-refractivity contribution in [1.29, 1.82) is 0 Å². The van der Waals surface area contributed by atoms with Crippen LogP contribution in [0.2, 0.25) is 0 Å². The van der Waals surface area contributed by atoms with Gasteiger partial charge in [-0.15, -0.1) is 0 Å². The lowest BCUT2D eigenvalue weighted by Crippen LogP contribution is -2.09. The van der Waals surface area contributed by atoms with Crippen molar-refractivity contribution in [2.24, 2.45) is 7.05 Å². The van der Waals surface area contributed by atoms with E-state index < -0.39 is 11.9 Å². The summed E-state index contributed by atoms with van der Waals surface area (Å²) in [6.45, 7) is 0.710.